The van der Waals surface area contributed by atoms with Crippen molar-refractivity contribution in [2.75, 3.05) is 13.1 Å². The maximum atomic E-state index is 12.4. The summed E-state index contributed by atoms with van der Waals surface area (Å²) in [6.07, 6.45) is 8.60. The van der Waals surface area contributed by atoms with Crippen LogP contribution in [0.1, 0.15) is 58.8 Å². The van der Waals surface area contributed by atoms with Crippen LogP contribution in [0.3, 0.4) is 0 Å². The molecule has 1 aliphatic heterocycles. The molecule has 1 saturated carbocycles. The van der Waals surface area contributed by atoms with Crippen molar-refractivity contribution in [3.05, 3.63) is 0 Å². The van der Waals surface area contributed by atoms with E-state index < -0.39 is 0 Å². The highest BCUT2D eigenvalue weighted by Crippen LogP contribution is 2.31. The molecule has 3 heteroatoms. The predicted molar refractivity (Wildman–Crippen MR) is 78.9 cm³/mol. The van der Waals surface area contributed by atoms with Gasteiger partial charge in [0, 0.05) is 12.0 Å². The lowest BCUT2D eigenvalue weighted by Crippen LogP contribution is -2.49. The van der Waals surface area contributed by atoms with Crippen LogP contribution in [0, 0.1) is 17.8 Å². The monoisotopic (exact) mass is 266 g/mol. The molecule has 2 aliphatic rings. The predicted octanol–water partition coefficient (Wildman–Crippen LogP) is 2.71. The molecule has 3 nitrogen and oxygen atoms in total. The quantitative estimate of drug-likeness (QED) is 0.803. The molecule has 2 fully saturated rings. The lowest BCUT2D eigenvalue weighted by Gasteiger charge is -2.31. The lowest BCUT2D eigenvalue weighted by atomic mass is 9.89. The smallest absolute Gasteiger partial charge is 0.223 e. The third-order valence-electron chi connectivity index (χ3n) is 5.07. The van der Waals surface area contributed by atoms with Gasteiger partial charge >= 0.3 is 0 Å². The maximum Gasteiger partial charge on any atom is 0.223 e. The van der Waals surface area contributed by atoms with Crippen LogP contribution in [0.15, 0.2) is 0 Å². The van der Waals surface area contributed by atoms with E-state index in [9.17, 15) is 4.79 Å². The Morgan fingerprint density at radius 1 is 1.32 bits per heavy atom. The molecule has 1 heterocycles. The van der Waals surface area contributed by atoms with E-state index in [2.05, 4.69) is 24.5 Å². The second kappa shape index (κ2) is 7.28. The first-order valence-electron chi connectivity index (χ1n) is 8.21. The molecular formula is C16H30N2O. The van der Waals surface area contributed by atoms with Gasteiger partial charge in [-0.15, -0.1) is 0 Å². The standard InChI is InChI=1S/C16H30N2O/c1-3-14(10-13-6-4-5-7-13)16(19)18-15-8-9-17-11-12(15)2/h12-15,17H,3-11H2,1-2H3,(H,18,19). The molecule has 0 aromatic heterocycles. The highest BCUT2D eigenvalue weighted by molar-refractivity contribution is 5.78. The van der Waals surface area contributed by atoms with Crippen molar-refractivity contribution < 1.29 is 4.79 Å². The minimum absolute atomic E-state index is 0.241. The van der Waals surface area contributed by atoms with Crippen LogP contribution < -0.4 is 10.6 Å². The van der Waals surface area contributed by atoms with Gasteiger partial charge in [0.15, 0.2) is 0 Å². The summed E-state index contributed by atoms with van der Waals surface area (Å²) in [7, 11) is 0. The Labute approximate surface area is 117 Å². The molecule has 3 atom stereocenters. The van der Waals surface area contributed by atoms with Crippen molar-refractivity contribution >= 4 is 5.91 Å². The summed E-state index contributed by atoms with van der Waals surface area (Å²) >= 11 is 0. The fourth-order valence-electron chi connectivity index (χ4n) is 3.64. The molecule has 19 heavy (non-hydrogen) atoms. The number of piperidine rings is 1. The fraction of sp³-hybridized carbons (Fsp3) is 0.938. The Morgan fingerprint density at radius 3 is 2.68 bits per heavy atom. The summed E-state index contributed by atoms with van der Waals surface area (Å²) in [5.41, 5.74) is 0. The van der Waals surface area contributed by atoms with Crippen LogP contribution in [-0.4, -0.2) is 25.0 Å². The molecule has 0 radical (unpaired) electrons. The Kier molecular flexibility index (Phi) is 5.68. The van der Waals surface area contributed by atoms with Crippen LogP contribution in [0.4, 0.5) is 0 Å². The second-order valence-electron chi connectivity index (χ2n) is 6.58. The summed E-state index contributed by atoms with van der Waals surface area (Å²) < 4.78 is 0. The van der Waals surface area contributed by atoms with Gasteiger partial charge in [0.1, 0.15) is 0 Å². The highest BCUT2D eigenvalue weighted by atomic mass is 16.1. The van der Waals surface area contributed by atoms with Crippen molar-refractivity contribution in [2.24, 2.45) is 17.8 Å². The molecule has 0 spiro atoms. The summed E-state index contributed by atoms with van der Waals surface area (Å²) in [6, 6.07) is 0.381. The van der Waals surface area contributed by atoms with Gasteiger partial charge in [-0.05, 0) is 44.2 Å². The third-order valence-corrected chi connectivity index (χ3v) is 5.07. The first-order chi connectivity index (χ1) is 9.20. The average Bonchev–Trinajstić information content (AvgIpc) is 2.91. The molecule has 2 rings (SSSR count). The SMILES string of the molecule is CCC(CC1CCCC1)C(=O)NC1CCNCC1C. The first kappa shape index (κ1) is 14.8. The molecule has 1 aliphatic carbocycles. The van der Waals surface area contributed by atoms with E-state index in [1.54, 1.807) is 0 Å². The molecule has 2 N–H and O–H groups in total. The number of rotatable bonds is 5. The number of amides is 1. The molecule has 1 saturated heterocycles. The van der Waals surface area contributed by atoms with Gasteiger partial charge in [0.2, 0.25) is 5.91 Å². The largest absolute Gasteiger partial charge is 0.353 e. The van der Waals surface area contributed by atoms with Crippen molar-refractivity contribution in [2.45, 2.75) is 64.8 Å². The maximum absolute atomic E-state index is 12.4. The van der Waals surface area contributed by atoms with Crippen LogP contribution in [-0.2, 0) is 4.79 Å². The summed E-state index contributed by atoms with van der Waals surface area (Å²) in [4.78, 5) is 12.4. The van der Waals surface area contributed by atoms with E-state index in [1.807, 2.05) is 0 Å². The van der Waals surface area contributed by atoms with E-state index in [0.29, 0.717) is 17.9 Å². The van der Waals surface area contributed by atoms with Gasteiger partial charge in [0.05, 0.1) is 0 Å². The highest BCUT2D eigenvalue weighted by Gasteiger charge is 2.28. The third kappa shape index (κ3) is 4.20. The minimum Gasteiger partial charge on any atom is -0.353 e. The summed E-state index contributed by atoms with van der Waals surface area (Å²) in [6.45, 7) is 6.46. The normalized spacial score (nSPS) is 30.2. The lowest BCUT2D eigenvalue weighted by molar-refractivity contribution is -0.126. The van der Waals surface area contributed by atoms with E-state index in [4.69, 9.17) is 0 Å². The number of nitrogens with one attached hydrogen (secondary N) is 2. The van der Waals surface area contributed by atoms with Gasteiger partial charge in [-0.25, -0.2) is 0 Å². The summed E-state index contributed by atoms with van der Waals surface area (Å²) in [5, 5.41) is 6.70. The molecule has 0 bridgehead atoms. The Hall–Kier alpha value is -0.570. The molecule has 3 unspecified atom stereocenters. The average molecular weight is 266 g/mol. The Bertz CT molecular complexity index is 286. The number of carbonyl (C=O) groups excluding carboxylic acids is 1. The van der Waals surface area contributed by atoms with Gasteiger partial charge in [-0.3, -0.25) is 4.79 Å². The first-order valence-corrected chi connectivity index (χ1v) is 8.21. The minimum atomic E-state index is 0.241. The second-order valence-corrected chi connectivity index (χ2v) is 6.58. The van der Waals surface area contributed by atoms with E-state index in [-0.39, 0.29) is 5.92 Å². The number of hydrogen-bond acceptors (Lipinski definition) is 2. The zero-order valence-corrected chi connectivity index (χ0v) is 12.6. The Balaban J connectivity index is 1.81. The van der Waals surface area contributed by atoms with E-state index in [0.717, 1.165) is 38.3 Å². The topological polar surface area (TPSA) is 41.1 Å². The van der Waals surface area contributed by atoms with Gasteiger partial charge in [0.25, 0.3) is 0 Å². The van der Waals surface area contributed by atoms with Crippen LogP contribution in [0.25, 0.3) is 0 Å². The Morgan fingerprint density at radius 2 is 2.05 bits per heavy atom. The zero-order valence-electron chi connectivity index (χ0n) is 12.6. The molecule has 110 valence electrons. The summed E-state index contributed by atoms with van der Waals surface area (Å²) in [5.74, 6) is 1.92. The van der Waals surface area contributed by atoms with Crippen LogP contribution in [0.2, 0.25) is 0 Å². The molecule has 0 aromatic carbocycles. The fourth-order valence-corrected chi connectivity index (χ4v) is 3.64. The van der Waals surface area contributed by atoms with Gasteiger partial charge in [-0.1, -0.05) is 39.5 Å². The van der Waals surface area contributed by atoms with Crippen molar-refractivity contribution in [3.8, 4) is 0 Å². The molecular weight excluding hydrogens is 236 g/mol. The van der Waals surface area contributed by atoms with E-state index in [1.165, 1.54) is 25.7 Å². The van der Waals surface area contributed by atoms with Crippen molar-refractivity contribution in [1.29, 1.82) is 0 Å². The number of hydrogen-bond donors (Lipinski definition) is 2. The van der Waals surface area contributed by atoms with Gasteiger partial charge < -0.3 is 10.6 Å². The van der Waals surface area contributed by atoms with Gasteiger partial charge in [-0.2, -0.15) is 0 Å². The van der Waals surface area contributed by atoms with Crippen LogP contribution >= 0.6 is 0 Å². The van der Waals surface area contributed by atoms with Crippen LogP contribution in [0.5, 0.6) is 0 Å². The van der Waals surface area contributed by atoms with Crippen molar-refractivity contribution in [3.63, 3.8) is 0 Å². The molecule has 1 amide bonds. The molecule has 0 aromatic rings. The zero-order chi connectivity index (χ0) is 13.7. The van der Waals surface area contributed by atoms with Crippen molar-refractivity contribution in [1.82, 2.24) is 10.6 Å². The van der Waals surface area contributed by atoms with E-state index >= 15 is 0 Å². The number of carbonyl (C=O) groups is 1.